The number of nitrogens with one attached hydrogen (secondary N) is 1. The Hall–Kier alpha value is -3.43. The van der Waals surface area contributed by atoms with Crippen LogP contribution in [-0.2, 0) is 15.7 Å². The molecule has 10 heteroatoms. The minimum atomic E-state index is -4.92. The molecule has 0 spiro atoms. The molecule has 0 bridgehead atoms. The predicted molar refractivity (Wildman–Crippen MR) is 88.2 cm³/mol. The summed E-state index contributed by atoms with van der Waals surface area (Å²) in [5.41, 5.74) is -2.00. The fourth-order valence-corrected chi connectivity index (χ4v) is 2.19. The Morgan fingerprint density at radius 1 is 1.19 bits per heavy atom. The number of hydrogen-bond acceptors (Lipinski definition) is 5. The Morgan fingerprint density at radius 3 is 2.44 bits per heavy atom. The number of hydrogen-bond donors (Lipinski definition) is 1. The van der Waals surface area contributed by atoms with E-state index >= 15 is 0 Å². The van der Waals surface area contributed by atoms with Gasteiger partial charge in [-0.1, -0.05) is 18.2 Å². The SMILES string of the molecule is Cc1ccccc1C(=O)OCC(=O)Nc1ccc([N+](=O)[O-])cc1C(F)(F)F. The number of benzene rings is 2. The summed E-state index contributed by atoms with van der Waals surface area (Å²) in [5.74, 6) is -1.82. The molecule has 0 saturated carbocycles. The highest BCUT2D eigenvalue weighted by molar-refractivity contribution is 5.96. The third-order valence-electron chi connectivity index (χ3n) is 3.49. The normalized spacial score (nSPS) is 11.0. The van der Waals surface area contributed by atoms with Gasteiger partial charge in [0.05, 0.1) is 21.7 Å². The zero-order chi connectivity index (χ0) is 20.2. The van der Waals surface area contributed by atoms with Crippen LogP contribution >= 0.6 is 0 Å². The lowest BCUT2D eigenvalue weighted by Gasteiger charge is -2.14. The molecule has 0 radical (unpaired) electrons. The monoisotopic (exact) mass is 382 g/mol. The summed E-state index contributed by atoms with van der Waals surface area (Å²) in [6, 6.07) is 8.33. The van der Waals surface area contributed by atoms with Gasteiger partial charge in [0.15, 0.2) is 6.61 Å². The lowest BCUT2D eigenvalue weighted by Crippen LogP contribution is -2.23. The van der Waals surface area contributed by atoms with E-state index < -0.39 is 46.5 Å². The van der Waals surface area contributed by atoms with Crippen molar-refractivity contribution in [1.82, 2.24) is 0 Å². The Kier molecular flexibility index (Phi) is 5.78. The number of amides is 1. The second-order valence-corrected chi connectivity index (χ2v) is 5.42. The summed E-state index contributed by atoms with van der Waals surface area (Å²) in [4.78, 5) is 33.4. The number of aryl methyl sites for hydroxylation is 1. The first kappa shape index (κ1) is 19.9. The van der Waals surface area contributed by atoms with Gasteiger partial charge in [0, 0.05) is 12.1 Å². The van der Waals surface area contributed by atoms with Crippen molar-refractivity contribution < 1.29 is 32.4 Å². The topological polar surface area (TPSA) is 98.5 Å². The van der Waals surface area contributed by atoms with E-state index in [1.807, 2.05) is 5.32 Å². The third-order valence-corrected chi connectivity index (χ3v) is 3.49. The van der Waals surface area contributed by atoms with Gasteiger partial charge in [-0.25, -0.2) is 4.79 Å². The molecule has 1 amide bonds. The van der Waals surface area contributed by atoms with Gasteiger partial charge in [-0.2, -0.15) is 13.2 Å². The largest absolute Gasteiger partial charge is 0.452 e. The van der Waals surface area contributed by atoms with E-state index in [9.17, 15) is 32.9 Å². The summed E-state index contributed by atoms with van der Waals surface area (Å²) < 4.78 is 44.0. The minimum absolute atomic E-state index is 0.219. The van der Waals surface area contributed by atoms with E-state index in [2.05, 4.69) is 0 Å². The quantitative estimate of drug-likeness (QED) is 0.483. The van der Waals surface area contributed by atoms with Crippen LogP contribution < -0.4 is 5.32 Å². The van der Waals surface area contributed by atoms with Crippen LogP contribution in [0, 0.1) is 17.0 Å². The number of rotatable bonds is 5. The number of alkyl halides is 3. The van der Waals surface area contributed by atoms with Crippen LogP contribution in [0.2, 0.25) is 0 Å². The molecule has 0 atom stereocenters. The van der Waals surface area contributed by atoms with Crippen molar-refractivity contribution in [1.29, 1.82) is 0 Å². The minimum Gasteiger partial charge on any atom is -0.452 e. The van der Waals surface area contributed by atoms with Crippen LogP contribution in [0.15, 0.2) is 42.5 Å². The van der Waals surface area contributed by atoms with Crippen molar-refractivity contribution in [3.8, 4) is 0 Å². The molecule has 0 aliphatic heterocycles. The van der Waals surface area contributed by atoms with Crippen LogP contribution in [0.1, 0.15) is 21.5 Å². The van der Waals surface area contributed by atoms with Crippen molar-refractivity contribution >= 4 is 23.3 Å². The van der Waals surface area contributed by atoms with E-state index in [-0.39, 0.29) is 5.56 Å². The second-order valence-electron chi connectivity index (χ2n) is 5.42. The summed E-state index contributed by atoms with van der Waals surface area (Å²) in [7, 11) is 0. The van der Waals surface area contributed by atoms with Gasteiger partial charge in [-0.15, -0.1) is 0 Å². The Bertz CT molecular complexity index is 896. The maximum atomic E-state index is 13.1. The molecule has 2 aromatic rings. The molecule has 2 rings (SSSR count). The molecule has 0 fully saturated rings. The van der Waals surface area contributed by atoms with Gasteiger partial charge in [0.2, 0.25) is 0 Å². The maximum absolute atomic E-state index is 13.1. The van der Waals surface area contributed by atoms with Crippen LogP contribution in [0.3, 0.4) is 0 Å². The van der Waals surface area contributed by atoms with Crippen LogP contribution in [0.4, 0.5) is 24.5 Å². The Morgan fingerprint density at radius 2 is 1.85 bits per heavy atom. The summed E-state index contributed by atoms with van der Waals surface area (Å²) in [5, 5.41) is 12.6. The van der Waals surface area contributed by atoms with E-state index in [4.69, 9.17) is 4.74 Å². The molecule has 0 unspecified atom stereocenters. The third kappa shape index (κ3) is 5.03. The highest BCUT2D eigenvalue weighted by Gasteiger charge is 2.35. The lowest BCUT2D eigenvalue weighted by atomic mass is 10.1. The van der Waals surface area contributed by atoms with E-state index in [0.29, 0.717) is 11.6 Å². The van der Waals surface area contributed by atoms with Crippen molar-refractivity contribution in [3.05, 3.63) is 69.3 Å². The molecule has 0 heterocycles. The Labute approximate surface area is 150 Å². The zero-order valence-electron chi connectivity index (χ0n) is 13.9. The molecule has 0 saturated heterocycles. The Balaban J connectivity index is 2.10. The maximum Gasteiger partial charge on any atom is 0.418 e. The number of esters is 1. The van der Waals surface area contributed by atoms with Crippen LogP contribution in [0.5, 0.6) is 0 Å². The van der Waals surface area contributed by atoms with Gasteiger partial charge in [0.1, 0.15) is 0 Å². The summed E-state index contributed by atoms with van der Waals surface area (Å²) >= 11 is 0. The standard InChI is InChI=1S/C17H13F3N2O5/c1-10-4-2-3-5-12(10)16(24)27-9-15(23)21-14-7-6-11(22(25)26)8-13(14)17(18,19)20/h2-8H,9H2,1H3,(H,21,23). The second kappa shape index (κ2) is 7.85. The first-order chi connectivity index (χ1) is 12.6. The van der Waals surface area contributed by atoms with Gasteiger partial charge < -0.3 is 10.1 Å². The van der Waals surface area contributed by atoms with Gasteiger partial charge in [-0.3, -0.25) is 14.9 Å². The number of carbonyl (C=O) groups excluding carboxylic acids is 2. The summed E-state index contributed by atoms with van der Waals surface area (Å²) in [6.07, 6.45) is -4.92. The van der Waals surface area contributed by atoms with Gasteiger partial charge in [-0.05, 0) is 24.6 Å². The van der Waals surface area contributed by atoms with Crippen molar-refractivity contribution in [3.63, 3.8) is 0 Å². The fourth-order valence-electron chi connectivity index (χ4n) is 2.19. The number of nitrogens with zero attached hydrogens (tertiary/aromatic N) is 1. The molecule has 142 valence electrons. The van der Waals surface area contributed by atoms with Crippen molar-refractivity contribution in [2.45, 2.75) is 13.1 Å². The molecule has 0 aliphatic rings. The molecular weight excluding hydrogens is 369 g/mol. The molecule has 1 N–H and O–H groups in total. The molecular formula is C17H13F3N2O5. The number of non-ortho nitro benzene ring substituents is 1. The number of anilines is 1. The zero-order valence-corrected chi connectivity index (χ0v) is 13.9. The number of nitro benzene ring substituents is 1. The van der Waals surface area contributed by atoms with Crippen molar-refractivity contribution in [2.75, 3.05) is 11.9 Å². The smallest absolute Gasteiger partial charge is 0.418 e. The van der Waals surface area contributed by atoms with Crippen LogP contribution in [-0.4, -0.2) is 23.4 Å². The molecule has 27 heavy (non-hydrogen) atoms. The first-order valence-corrected chi connectivity index (χ1v) is 7.48. The van der Waals surface area contributed by atoms with Gasteiger partial charge >= 0.3 is 12.1 Å². The van der Waals surface area contributed by atoms with E-state index in [0.717, 1.165) is 12.1 Å². The van der Waals surface area contributed by atoms with Crippen LogP contribution in [0.25, 0.3) is 0 Å². The van der Waals surface area contributed by atoms with E-state index in [1.54, 1.807) is 25.1 Å². The average molecular weight is 382 g/mol. The fraction of sp³-hybridized carbons (Fsp3) is 0.176. The molecule has 0 aromatic heterocycles. The van der Waals surface area contributed by atoms with Crippen molar-refractivity contribution in [2.24, 2.45) is 0 Å². The predicted octanol–water partition coefficient (Wildman–Crippen LogP) is 3.72. The molecule has 7 nitrogen and oxygen atoms in total. The lowest BCUT2D eigenvalue weighted by molar-refractivity contribution is -0.385. The first-order valence-electron chi connectivity index (χ1n) is 7.48. The van der Waals surface area contributed by atoms with Gasteiger partial charge in [0.25, 0.3) is 11.6 Å². The number of carbonyl (C=O) groups is 2. The summed E-state index contributed by atoms with van der Waals surface area (Å²) in [6.45, 7) is 0.838. The number of nitro groups is 1. The highest BCUT2D eigenvalue weighted by Crippen LogP contribution is 2.37. The van der Waals surface area contributed by atoms with E-state index in [1.165, 1.54) is 6.07 Å². The number of halogens is 3. The molecule has 2 aromatic carbocycles. The number of ether oxygens (including phenoxy) is 1. The highest BCUT2D eigenvalue weighted by atomic mass is 19.4. The average Bonchev–Trinajstić information content (AvgIpc) is 2.59. The molecule has 0 aliphatic carbocycles.